The van der Waals surface area contributed by atoms with Gasteiger partial charge in [-0.2, -0.15) is 0 Å². The van der Waals surface area contributed by atoms with Gasteiger partial charge < -0.3 is 15.1 Å². The van der Waals surface area contributed by atoms with Crippen molar-refractivity contribution in [3.05, 3.63) is 47.9 Å². The lowest BCUT2D eigenvalue weighted by molar-refractivity contribution is 0.0944. The van der Waals surface area contributed by atoms with E-state index in [2.05, 4.69) is 37.2 Å². The van der Waals surface area contributed by atoms with E-state index in [0.29, 0.717) is 12.2 Å². The molecule has 0 spiro atoms. The van der Waals surface area contributed by atoms with Crippen molar-refractivity contribution in [2.24, 2.45) is 0 Å². The molecule has 7 nitrogen and oxygen atoms in total. The summed E-state index contributed by atoms with van der Waals surface area (Å²) in [4.78, 5) is 20.9. The summed E-state index contributed by atoms with van der Waals surface area (Å²) >= 11 is 0. The highest BCUT2D eigenvalue weighted by Gasteiger charge is 2.17. The number of rotatable bonds is 5. The molecule has 1 N–H and O–H groups in total. The summed E-state index contributed by atoms with van der Waals surface area (Å²) in [6.45, 7) is 7.57. The first-order valence-corrected chi connectivity index (χ1v) is 8.25. The summed E-state index contributed by atoms with van der Waals surface area (Å²) in [5.74, 6) is 0.586. The van der Waals surface area contributed by atoms with Crippen molar-refractivity contribution in [3.63, 3.8) is 0 Å². The third kappa shape index (κ3) is 4.05. The van der Waals surface area contributed by atoms with Crippen LogP contribution in [0.2, 0.25) is 0 Å². The quantitative estimate of drug-likeness (QED) is 0.881. The van der Waals surface area contributed by atoms with Gasteiger partial charge in [-0.1, -0.05) is 13.0 Å². The van der Waals surface area contributed by atoms with Crippen molar-refractivity contribution < 1.29 is 4.79 Å². The lowest BCUT2D eigenvalue weighted by Gasteiger charge is -2.34. The van der Waals surface area contributed by atoms with Crippen LogP contribution in [0.15, 0.2) is 36.5 Å². The summed E-state index contributed by atoms with van der Waals surface area (Å²) in [5.41, 5.74) is 1.13. The molecule has 2 aromatic rings. The first kappa shape index (κ1) is 16.3. The molecular weight excluding hydrogens is 304 g/mol. The molecule has 3 heterocycles. The van der Waals surface area contributed by atoms with Crippen molar-refractivity contribution in [3.8, 4) is 0 Å². The number of carbonyl (C=O) groups excluding carboxylic acids is 1. The van der Waals surface area contributed by atoms with Crippen LogP contribution in [0, 0.1) is 0 Å². The van der Waals surface area contributed by atoms with Crippen LogP contribution in [0.25, 0.3) is 0 Å². The normalized spacial score (nSPS) is 15.3. The number of aromatic nitrogens is 3. The fraction of sp³-hybridized carbons (Fsp3) is 0.412. The van der Waals surface area contributed by atoms with Gasteiger partial charge in [0.1, 0.15) is 0 Å². The molecule has 7 heteroatoms. The Labute approximate surface area is 141 Å². The molecule has 1 amide bonds. The maximum absolute atomic E-state index is 12.1. The molecule has 0 radical (unpaired) electrons. The zero-order valence-electron chi connectivity index (χ0n) is 13.9. The Kier molecular flexibility index (Phi) is 5.32. The Morgan fingerprint density at radius 3 is 2.58 bits per heavy atom. The molecule has 2 aromatic heterocycles. The van der Waals surface area contributed by atoms with Crippen molar-refractivity contribution in [2.75, 3.05) is 37.6 Å². The zero-order chi connectivity index (χ0) is 16.8. The van der Waals surface area contributed by atoms with Gasteiger partial charge in [0.25, 0.3) is 5.91 Å². The number of piperazine rings is 1. The number of carbonyl (C=O) groups is 1. The molecule has 0 atom stereocenters. The number of anilines is 1. The van der Waals surface area contributed by atoms with Crippen LogP contribution in [0.5, 0.6) is 0 Å². The Hall–Kier alpha value is -2.54. The van der Waals surface area contributed by atoms with E-state index in [9.17, 15) is 4.79 Å². The second kappa shape index (κ2) is 7.83. The first-order valence-electron chi connectivity index (χ1n) is 8.25. The standard InChI is InChI=1S/C17H22N6O/c1-2-22-9-11-23(12-10-22)16-7-6-15(20-21-16)17(24)19-13-14-5-3-4-8-18-14/h3-8H,2,9-13H2,1H3,(H,19,24). The number of hydrogen-bond donors (Lipinski definition) is 1. The second-order valence-corrected chi connectivity index (χ2v) is 5.70. The summed E-state index contributed by atoms with van der Waals surface area (Å²) in [5, 5.41) is 11.1. The monoisotopic (exact) mass is 326 g/mol. The van der Waals surface area contributed by atoms with Crippen LogP contribution in [-0.2, 0) is 6.54 Å². The highest BCUT2D eigenvalue weighted by molar-refractivity contribution is 5.92. The van der Waals surface area contributed by atoms with Gasteiger partial charge in [0.15, 0.2) is 11.5 Å². The van der Waals surface area contributed by atoms with Crippen LogP contribution in [0.1, 0.15) is 23.1 Å². The third-order valence-electron chi connectivity index (χ3n) is 4.18. The Bertz CT molecular complexity index is 653. The lowest BCUT2D eigenvalue weighted by Crippen LogP contribution is -2.46. The molecule has 1 aliphatic heterocycles. The van der Waals surface area contributed by atoms with E-state index in [-0.39, 0.29) is 5.91 Å². The summed E-state index contributed by atoms with van der Waals surface area (Å²) in [6.07, 6.45) is 1.70. The number of likely N-dealkylation sites (N-methyl/N-ethyl adjacent to an activating group) is 1. The molecule has 126 valence electrons. The fourth-order valence-corrected chi connectivity index (χ4v) is 2.67. The SMILES string of the molecule is CCN1CCN(c2ccc(C(=O)NCc3ccccn3)nn2)CC1. The van der Waals surface area contributed by atoms with E-state index < -0.39 is 0 Å². The number of amides is 1. The molecule has 0 aliphatic carbocycles. The van der Waals surface area contributed by atoms with Crippen LogP contribution in [0.4, 0.5) is 5.82 Å². The van der Waals surface area contributed by atoms with Gasteiger partial charge in [0.2, 0.25) is 0 Å². The zero-order valence-corrected chi connectivity index (χ0v) is 13.9. The van der Waals surface area contributed by atoms with Crippen molar-refractivity contribution in [1.29, 1.82) is 0 Å². The van der Waals surface area contributed by atoms with Crippen molar-refractivity contribution >= 4 is 11.7 Å². The van der Waals surface area contributed by atoms with Gasteiger partial charge in [-0.3, -0.25) is 9.78 Å². The largest absolute Gasteiger partial charge is 0.353 e. The molecule has 0 bridgehead atoms. The van der Waals surface area contributed by atoms with Gasteiger partial charge in [-0.05, 0) is 30.8 Å². The number of pyridine rings is 1. The van der Waals surface area contributed by atoms with Crippen LogP contribution >= 0.6 is 0 Å². The van der Waals surface area contributed by atoms with Crippen LogP contribution in [0.3, 0.4) is 0 Å². The molecular formula is C17H22N6O. The molecule has 3 rings (SSSR count). The summed E-state index contributed by atoms with van der Waals surface area (Å²) in [7, 11) is 0. The minimum Gasteiger partial charge on any atom is -0.353 e. The minimum absolute atomic E-state index is 0.240. The highest BCUT2D eigenvalue weighted by Crippen LogP contribution is 2.12. The van der Waals surface area contributed by atoms with E-state index in [1.54, 1.807) is 12.3 Å². The highest BCUT2D eigenvalue weighted by atomic mass is 16.1. The molecule has 24 heavy (non-hydrogen) atoms. The van der Waals surface area contributed by atoms with Gasteiger partial charge in [0.05, 0.1) is 12.2 Å². The topological polar surface area (TPSA) is 74.2 Å². The second-order valence-electron chi connectivity index (χ2n) is 5.70. The fourth-order valence-electron chi connectivity index (χ4n) is 2.67. The molecule has 0 aromatic carbocycles. The predicted molar refractivity (Wildman–Crippen MR) is 91.8 cm³/mol. The molecule has 1 saturated heterocycles. The smallest absolute Gasteiger partial charge is 0.272 e. The van der Waals surface area contributed by atoms with Gasteiger partial charge in [-0.25, -0.2) is 0 Å². The number of nitrogens with one attached hydrogen (secondary N) is 1. The maximum Gasteiger partial charge on any atom is 0.272 e. The van der Waals surface area contributed by atoms with E-state index in [4.69, 9.17) is 0 Å². The molecule has 1 fully saturated rings. The minimum atomic E-state index is -0.240. The van der Waals surface area contributed by atoms with Gasteiger partial charge in [-0.15, -0.1) is 10.2 Å². The van der Waals surface area contributed by atoms with E-state index in [1.807, 2.05) is 24.3 Å². The van der Waals surface area contributed by atoms with E-state index in [1.165, 1.54) is 0 Å². The number of nitrogens with zero attached hydrogens (tertiary/aromatic N) is 5. The Balaban J connectivity index is 1.55. The Morgan fingerprint density at radius 2 is 1.96 bits per heavy atom. The van der Waals surface area contributed by atoms with Crippen molar-refractivity contribution in [1.82, 2.24) is 25.4 Å². The average molecular weight is 326 g/mol. The third-order valence-corrected chi connectivity index (χ3v) is 4.18. The molecule has 1 aliphatic rings. The lowest BCUT2D eigenvalue weighted by atomic mass is 10.3. The van der Waals surface area contributed by atoms with Crippen molar-refractivity contribution in [2.45, 2.75) is 13.5 Å². The van der Waals surface area contributed by atoms with Gasteiger partial charge in [0, 0.05) is 32.4 Å². The number of hydrogen-bond acceptors (Lipinski definition) is 6. The van der Waals surface area contributed by atoms with E-state index in [0.717, 1.165) is 44.2 Å². The molecule has 0 saturated carbocycles. The first-order chi connectivity index (χ1) is 11.8. The van der Waals surface area contributed by atoms with Crippen LogP contribution < -0.4 is 10.2 Å². The average Bonchev–Trinajstić information content (AvgIpc) is 2.67. The van der Waals surface area contributed by atoms with Gasteiger partial charge >= 0.3 is 0 Å². The molecule has 0 unspecified atom stereocenters. The Morgan fingerprint density at radius 1 is 1.12 bits per heavy atom. The summed E-state index contributed by atoms with van der Waals surface area (Å²) in [6, 6.07) is 9.19. The summed E-state index contributed by atoms with van der Waals surface area (Å²) < 4.78 is 0. The van der Waals surface area contributed by atoms with Crippen LogP contribution in [-0.4, -0.2) is 58.7 Å². The van der Waals surface area contributed by atoms with E-state index >= 15 is 0 Å². The maximum atomic E-state index is 12.1. The predicted octanol–water partition coefficient (Wildman–Crippen LogP) is 0.943.